The molecule has 0 atom stereocenters. The van der Waals surface area contributed by atoms with Crippen LogP contribution in [0.2, 0.25) is 0 Å². The molecule has 6 rings (SSSR count). The van der Waals surface area contributed by atoms with E-state index in [2.05, 4.69) is 35.5 Å². The Bertz CT molecular complexity index is 2270. The number of benzene rings is 6. The molecule has 0 spiro atoms. The second-order valence-corrected chi connectivity index (χ2v) is 10.7. The monoisotopic (exact) mass is 555 g/mol. The lowest BCUT2D eigenvalue weighted by atomic mass is 9.98. The van der Waals surface area contributed by atoms with E-state index in [4.69, 9.17) is 0 Å². The van der Waals surface area contributed by atoms with Crippen molar-refractivity contribution in [2.24, 2.45) is 0 Å². The normalized spacial score (nSPS) is 10.8. The van der Waals surface area contributed by atoms with Crippen molar-refractivity contribution in [1.82, 2.24) is 0 Å². The predicted octanol–water partition coefficient (Wildman–Crippen LogP) is 7.98. The molecule has 6 aromatic carbocycles. The van der Waals surface area contributed by atoms with Gasteiger partial charge in [-0.05, 0) is 71.8 Å². The molecule has 0 aliphatic heterocycles. The van der Waals surface area contributed by atoms with Crippen molar-refractivity contribution < 1.29 is 10.0 Å². The molecular weight excluding hydrogens is 530 g/mol. The minimum Gasteiger partial charge on any atom is -0.378 e. The van der Waals surface area contributed by atoms with Crippen molar-refractivity contribution in [3.8, 4) is 35.5 Å². The van der Waals surface area contributed by atoms with Gasteiger partial charge >= 0.3 is 0 Å². The zero-order chi connectivity index (χ0) is 30.0. The summed E-state index contributed by atoms with van der Waals surface area (Å²) in [7, 11) is 0. The Labute approximate surface area is 249 Å². The second-order valence-electron chi connectivity index (χ2n) is 10.7. The Kier molecular flexibility index (Phi) is 7.11. The summed E-state index contributed by atoms with van der Waals surface area (Å²) in [5, 5.41) is 26.8. The molecule has 0 unspecified atom stereocenters. The van der Waals surface area contributed by atoms with E-state index in [0.29, 0.717) is 5.39 Å². The Morgan fingerprint density at radius 2 is 0.814 bits per heavy atom. The fourth-order valence-electron chi connectivity index (χ4n) is 5.11. The van der Waals surface area contributed by atoms with Crippen LogP contribution in [0, 0.1) is 45.6 Å². The maximum atomic E-state index is 11.5. The third kappa shape index (κ3) is 5.68. The van der Waals surface area contributed by atoms with Gasteiger partial charge in [0.1, 0.15) is 5.60 Å². The van der Waals surface area contributed by atoms with E-state index >= 15 is 0 Å². The number of fused-ring (bicyclic) bond motifs is 3. The van der Waals surface area contributed by atoms with E-state index in [1.807, 2.05) is 84.9 Å². The summed E-state index contributed by atoms with van der Waals surface area (Å²) in [4.78, 5) is 11.1. The fourth-order valence-corrected chi connectivity index (χ4v) is 5.11. The van der Waals surface area contributed by atoms with Gasteiger partial charge in [-0.25, -0.2) is 0 Å². The first-order valence-corrected chi connectivity index (χ1v) is 13.8. The van der Waals surface area contributed by atoms with Crippen LogP contribution in [0.5, 0.6) is 0 Å². The van der Waals surface area contributed by atoms with Crippen molar-refractivity contribution in [2.45, 2.75) is 19.4 Å². The Morgan fingerprint density at radius 3 is 1.16 bits per heavy atom. The number of nitrogens with zero attached hydrogens (tertiary/aromatic N) is 1. The summed E-state index contributed by atoms with van der Waals surface area (Å²) in [5.41, 5.74) is 3.20. The maximum Gasteiger partial charge on any atom is 0.277 e. The third-order valence-corrected chi connectivity index (χ3v) is 7.11. The summed E-state index contributed by atoms with van der Waals surface area (Å²) >= 11 is 0. The Hall–Kier alpha value is -5.86. The molecule has 0 saturated heterocycles. The number of non-ortho nitro benzene ring substituents is 1. The fraction of sp³-hybridized carbons (Fsp3) is 0.0769. The van der Waals surface area contributed by atoms with E-state index < -0.39 is 5.60 Å². The molecule has 4 heteroatoms. The summed E-state index contributed by atoms with van der Waals surface area (Å²) in [6.07, 6.45) is 0. The van der Waals surface area contributed by atoms with Gasteiger partial charge < -0.3 is 5.11 Å². The summed E-state index contributed by atoms with van der Waals surface area (Å²) in [5.74, 6) is 19.3. The molecule has 0 amide bonds. The lowest BCUT2D eigenvalue weighted by Crippen LogP contribution is -2.14. The second kappa shape index (κ2) is 11.2. The lowest BCUT2D eigenvalue weighted by molar-refractivity contribution is -0.383. The first kappa shape index (κ1) is 27.3. The Balaban J connectivity index is 1.40. The standard InChI is InChI=1S/C39H25NO3/c1-39(2,41)26-25-31-13-6-16-34-29(11-5-17-35(31)34)22-21-27-9-3-15-33-28(10-4-14-32(27)33)23-24-30-12-7-19-37-36(30)18-8-20-38(37)40(42)43/h3-20,41H,1-2H3. The van der Waals surface area contributed by atoms with Crippen LogP contribution in [0.3, 0.4) is 0 Å². The zero-order valence-electron chi connectivity index (χ0n) is 23.6. The van der Waals surface area contributed by atoms with Gasteiger partial charge in [0.2, 0.25) is 0 Å². The highest BCUT2D eigenvalue weighted by molar-refractivity contribution is 5.97. The first-order chi connectivity index (χ1) is 20.8. The summed E-state index contributed by atoms with van der Waals surface area (Å²) in [6, 6.07) is 34.4. The number of aliphatic hydroxyl groups is 1. The van der Waals surface area contributed by atoms with Gasteiger partial charge in [-0.1, -0.05) is 102 Å². The van der Waals surface area contributed by atoms with Gasteiger partial charge in [0, 0.05) is 39.3 Å². The summed E-state index contributed by atoms with van der Waals surface area (Å²) in [6.45, 7) is 3.34. The minimum atomic E-state index is -1.08. The molecule has 0 aliphatic carbocycles. The van der Waals surface area contributed by atoms with Crippen LogP contribution in [0.4, 0.5) is 5.69 Å². The highest BCUT2D eigenvalue weighted by Crippen LogP contribution is 2.28. The highest BCUT2D eigenvalue weighted by atomic mass is 16.6. The van der Waals surface area contributed by atoms with Crippen LogP contribution in [0.25, 0.3) is 32.3 Å². The number of nitro benzene ring substituents is 1. The molecule has 6 aromatic rings. The average Bonchev–Trinajstić information content (AvgIpc) is 3.00. The van der Waals surface area contributed by atoms with Gasteiger partial charge in [-0.3, -0.25) is 10.1 Å². The minimum absolute atomic E-state index is 0.0685. The average molecular weight is 556 g/mol. The molecule has 43 heavy (non-hydrogen) atoms. The van der Waals surface area contributed by atoms with Crippen LogP contribution in [-0.4, -0.2) is 15.6 Å². The summed E-state index contributed by atoms with van der Waals surface area (Å²) < 4.78 is 0. The van der Waals surface area contributed by atoms with E-state index in [9.17, 15) is 15.2 Å². The van der Waals surface area contributed by atoms with Crippen molar-refractivity contribution >= 4 is 38.0 Å². The van der Waals surface area contributed by atoms with Crippen molar-refractivity contribution in [2.75, 3.05) is 0 Å². The van der Waals surface area contributed by atoms with Gasteiger partial charge in [0.25, 0.3) is 5.69 Å². The topological polar surface area (TPSA) is 63.4 Å². The lowest BCUT2D eigenvalue weighted by Gasteiger charge is -2.07. The molecular formula is C39H25NO3. The smallest absolute Gasteiger partial charge is 0.277 e. The van der Waals surface area contributed by atoms with Gasteiger partial charge in [0.05, 0.1) is 10.3 Å². The van der Waals surface area contributed by atoms with Crippen molar-refractivity contribution in [1.29, 1.82) is 0 Å². The van der Waals surface area contributed by atoms with Crippen molar-refractivity contribution in [3.05, 3.63) is 147 Å². The van der Waals surface area contributed by atoms with Gasteiger partial charge in [-0.2, -0.15) is 0 Å². The largest absolute Gasteiger partial charge is 0.378 e. The van der Waals surface area contributed by atoms with Crippen LogP contribution in [0.15, 0.2) is 109 Å². The zero-order valence-corrected chi connectivity index (χ0v) is 23.6. The molecule has 0 aromatic heterocycles. The van der Waals surface area contributed by atoms with E-state index in [0.717, 1.165) is 54.7 Å². The molecule has 0 saturated carbocycles. The molecule has 0 fully saturated rings. The molecule has 4 nitrogen and oxygen atoms in total. The van der Waals surface area contributed by atoms with Crippen LogP contribution < -0.4 is 0 Å². The molecule has 0 aliphatic rings. The number of hydrogen-bond acceptors (Lipinski definition) is 3. The first-order valence-electron chi connectivity index (χ1n) is 13.8. The molecule has 0 radical (unpaired) electrons. The number of rotatable bonds is 1. The van der Waals surface area contributed by atoms with E-state index in [-0.39, 0.29) is 10.6 Å². The molecule has 204 valence electrons. The van der Waals surface area contributed by atoms with E-state index in [1.54, 1.807) is 32.0 Å². The number of hydrogen-bond donors (Lipinski definition) is 1. The molecule has 0 bridgehead atoms. The highest BCUT2D eigenvalue weighted by Gasteiger charge is 2.12. The molecule has 0 heterocycles. The van der Waals surface area contributed by atoms with Crippen molar-refractivity contribution in [3.63, 3.8) is 0 Å². The number of nitro groups is 1. The van der Waals surface area contributed by atoms with Gasteiger partial charge in [0.15, 0.2) is 0 Å². The van der Waals surface area contributed by atoms with E-state index in [1.165, 1.54) is 6.07 Å². The van der Waals surface area contributed by atoms with Gasteiger partial charge in [-0.15, -0.1) is 0 Å². The predicted molar refractivity (Wildman–Crippen MR) is 174 cm³/mol. The van der Waals surface area contributed by atoms with Crippen LogP contribution in [-0.2, 0) is 0 Å². The Morgan fingerprint density at radius 1 is 0.512 bits per heavy atom. The SMILES string of the molecule is CC(C)(O)C#Cc1cccc2c(C#Cc3cccc4c(C#Cc5cccc6c([N+](=O)[O-])cccc56)cccc34)cccc12. The third-order valence-electron chi connectivity index (χ3n) is 7.11. The van der Waals surface area contributed by atoms with Crippen LogP contribution >= 0.6 is 0 Å². The van der Waals surface area contributed by atoms with Crippen LogP contribution in [0.1, 0.15) is 41.7 Å². The quantitative estimate of drug-likeness (QED) is 0.127. The maximum absolute atomic E-state index is 11.5. The molecule has 1 N–H and O–H groups in total.